The average Bonchev–Trinajstić information content (AvgIpc) is 1.99. The first-order valence-electron chi connectivity index (χ1n) is 4.54. The van der Waals surface area contributed by atoms with Crippen molar-refractivity contribution in [2.45, 2.75) is 45.8 Å². The Balaban J connectivity index is 4.62. The molecule has 0 aliphatic rings. The standard InChI is InChI=1S/C11H16O4/c1-9(13)15-11(4,5)7-6-10(2,3)14-8-12/h8H,1-5H3. The predicted molar refractivity (Wildman–Crippen MR) is 54.8 cm³/mol. The van der Waals surface area contributed by atoms with Crippen molar-refractivity contribution in [1.29, 1.82) is 0 Å². The summed E-state index contributed by atoms with van der Waals surface area (Å²) in [4.78, 5) is 20.9. The van der Waals surface area contributed by atoms with Gasteiger partial charge in [0.2, 0.25) is 0 Å². The maximum atomic E-state index is 10.7. The second-order valence-electron chi connectivity index (χ2n) is 4.08. The fraction of sp³-hybridized carbons (Fsp3) is 0.636. The first-order chi connectivity index (χ1) is 6.68. The van der Waals surface area contributed by atoms with Gasteiger partial charge < -0.3 is 9.47 Å². The highest BCUT2D eigenvalue weighted by Crippen LogP contribution is 2.11. The predicted octanol–water partition coefficient (Wildman–Crippen LogP) is 1.28. The molecule has 0 saturated heterocycles. The maximum Gasteiger partial charge on any atom is 0.304 e. The number of carbonyl (C=O) groups is 2. The van der Waals surface area contributed by atoms with Gasteiger partial charge in [0.15, 0.2) is 11.2 Å². The molecule has 0 aromatic carbocycles. The van der Waals surface area contributed by atoms with E-state index in [0.29, 0.717) is 6.47 Å². The maximum absolute atomic E-state index is 10.7. The van der Waals surface area contributed by atoms with Crippen LogP contribution in [0, 0.1) is 11.8 Å². The van der Waals surface area contributed by atoms with Crippen molar-refractivity contribution in [1.82, 2.24) is 0 Å². The zero-order valence-electron chi connectivity index (χ0n) is 9.71. The average molecular weight is 212 g/mol. The van der Waals surface area contributed by atoms with Crippen LogP contribution in [0.4, 0.5) is 0 Å². The van der Waals surface area contributed by atoms with Crippen molar-refractivity contribution in [2.24, 2.45) is 0 Å². The van der Waals surface area contributed by atoms with Crippen LogP contribution in [0.1, 0.15) is 34.6 Å². The molecule has 0 rings (SSSR count). The molecule has 4 nitrogen and oxygen atoms in total. The van der Waals surface area contributed by atoms with Crippen molar-refractivity contribution in [2.75, 3.05) is 0 Å². The first kappa shape index (κ1) is 13.5. The van der Waals surface area contributed by atoms with Gasteiger partial charge in [-0.15, -0.1) is 0 Å². The van der Waals surface area contributed by atoms with Gasteiger partial charge in [-0.3, -0.25) is 9.59 Å². The second-order valence-corrected chi connectivity index (χ2v) is 4.08. The van der Waals surface area contributed by atoms with Crippen molar-refractivity contribution in [3.63, 3.8) is 0 Å². The normalized spacial score (nSPS) is 11.0. The molecule has 0 bridgehead atoms. The van der Waals surface area contributed by atoms with Gasteiger partial charge in [0.05, 0.1) is 0 Å². The van der Waals surface area contributed by atoms with E-state index in [1.54, 1.807) is 27.7 Å². The SMILES string of the molecule is CC(=O)OC(C)(C)C#CC(C)(C)OC=O. The molecule has 0 N–H and O–H groups in total. The molecular weight excluding hydrogens is 196 g/mol. The minimum atomic E-state index is -0.880. The summed E-state index contributed by atoms with van der Waals surface area (Å²) in [7, 11) is 0. The minimum absolute atomic E-state index is 0.341. The summed E-state index contributed by atoms with van der Waals surface area (Å²) in [6, 6.07) is 0. The van der Waals surface area contributed by atoms with Crippen LogP contribution in [0.2, 0.25) is 0 Å². The number of esters is 1. The molecule has 4 heteroatoms. The van der Waals surface area contributed by atoms with Crippen LogP contribution in [-0.2, 0) is 19.1 Å². The summed E-state index contributed by atoms with van der Waals surface area (Å²) >= 11 is 0. The molecular formula is C11H16O4. The molecule has 0 spiro atoms. The largest absolute Gasteiger partial charge is 0.449 e. The molecule has 0 aliphatic heterocycles. The van der Waals surface area contributed by atoms with Gasteiger partial charge in [0.1, 0.15) is 0 Å². The van der Waals surface area contributed by atoms with E-state index in [9.17, 15) is 9.59 Å². The Morgan fingerprint density at radius 2 is 1.60 bits per heavy atom. The van der Waals surface area contributed by atoms with Gasteiger partial charge >= 0.3 is 5.97 Å². The summed E-state index contributed by atoms with van der Waals surface area (Å²) in [6.45, 7) is 8.29. The lowest BCUT2D eigenvalue weighted by Crippen LogP contribution is -2.27. The Hall–Kier alpha value is -1.50. The van der Waals surface area contributed by atoms with E-state index in [2.05, 4.69) is 11.8 Å². The van der Waals surface area contributed by atoms with Crippen LogP contribution in [0.3, 0.4) is 0 Å². The number of rotatable bonds is 3. The van der Waals surface area contributed by atoms with Crippen LogP contribution < -0.4 is 0 Å². The van der Waals surface area contributed by atoms with E-state index in [1.807, 2.05) is 0 Å². The lowest BCUT2D eigenvalue weighted by Gasteiger charge is -2.20. The number of ether oxygens (including phenoxy) is 2. The number of hydrogen-bond acceptors (Lipinski definition) is 4. The van der Waals surface area contributed by atoms with Crippen LogP contribution in [0.25, 0.3) is 0 Å². The Morgan fingerprint density at radius 3 is 2.00 bits per heavy atom. The molecule has 0 radical (unpaired) electrons. The molecule has 0 fully saturated rings. The Morgan fingerprint density at radius 1 is 1.13 bits per heavy atom. The fourth-order valence-corrected chi connectivity index (χ4v) is 0.836. The zero-order valence-corrected chi connectivity index (χ0v) is 9.71. The van der Waals surface area contributed by atoms with E-state index in [4.69, 9.17) is 9.47 Å². The van der Waals surface area contributed by atoms with Crippen LogP contribution >= 0.6 is 0 Å². The zero-order chi connectivity index (χ0) is 12.1. The molecule has 0 aliphatic carbocycles. The first-order valence-corrected chi connectivity index (χ1v) is 4.54. The highest BCUT2D eigenvalue weighted by molar-refractivity contribution is 5.67. The van der Waals surface area contributed by atoms with E-state index < -0.39 is 17.2 Å². The highest BCUT2D eigenvalue weighted by atomic mass is 16.6. The highest BCUT2D eigenvalue weighted by Gasteiger charge is 2.20. The number of carbonyl (C=O) groups excluding carboxylic acids is 2. The monoisotopic (exact) mass is 212 g/mol. The summed E-state index contributed by atoms with van der Waals surface area (Å²) < 4.78 is 9.69. The Labute approximate surface area is 89.9 Å². The molecule has 0 atom stereocenters. The van der Waals surface area contributed by atoms with Crippen molar-refractivity contribution in [3.8, 4) is 11.8 Å². The molecule has 0 unspecified atom stereocenters. The molecule has 0 saturated carbocycles. The summed E-state index contributed by atoms with van der Waals surface area (Å²) in [6.07, 6.45) is 0. The van der Waals surface area contributed by atoms with Gasteiger partial charge in [-0.25, -0.2) is 0 Å². The van der Waals surface area contributed by atoms with E-state index >= 15 is 0 Å². The van der Waals surface area contributed by atoms with E-state index in [0.717, 1.165) is 0 Å². The lowest BCUT2D eigenvalue weighted by atomic mass is 10.1. The van der Waals surface area contributed by atoms with Crippen LogP contribution in [0.5, 0.6) is 0 Å². The summed E-state index contributed by atoms with van der Waals surface area (Å²) in [5.74, 6) is 5.06. The van der Waals surface area contributed by atoms with Crippen molar-refractivity contribution < 1.29 is 19.1 Å². The molecule has 0 aromatic heterocycles. The number of hydrogen-bond donors (Lipinski definition) is 0. The lowest BCUT2D eigenvalue weighted by molar-refractivity contribution is -0.149. The van der Waals surface area contributed by atoms with Gasteiger partial charge in [-0.2, -0.15) is 0 Å². The Kier molecular flexibility index (Phi) is 4.35. The van der Waals surface area contributed by atoms with Crippen LogP contribution in [0.15, 0.2) is 0 Å². The summed E-state index contributed by atoms with van der Waals surface area (Å²) in [5, 5.41) is 0. The Bertz CT molecular complexity index is 304. The van der Waals surface area contributed by atoms with Crippen molar-refractivity contribution >= 4 is 12.4 Å². The molecule has 84 valence electrons. The topological polar surface area (TPSA) is 52.6 Å². The molecule has 0 heterocycles. The third-order valence-corrected chi connectivity index (χ3v) is 1.41. The van der Waals surface area contributed by atoms with E-state index in [-0.39, 0.29) is 0 Å². The summed E-state index contributed by atoms with van der Waals surface area (Å²) in [5.41, 5.74) is -1.76. The fourth-order valence-electron chi connectivity index (χ4n) is 0.836. The second kappa shape index (κ2) is 4.83. The minimum Gasteiger partial charge on any atom is -0.449 e. The van der Waals surface area contributed by atoms with Gasteiger partial charge in [-0.1, -0.05) is 11.8 Å². The molecule has 0 amide bonds. The van der Waals surface area contributed by atoms with Gasteiger partial charge in [-0.05, 0) is 27.7 Å². The quantitative estimate of drug-likeness (QED) is 0.402. The molecule has 15 heavy (non-hydrogen) atoms. The van der Waals surface area contributed by atoms with Gasteiger partial charge in [0.25, 0.3) is 6.47 Å². The third-order valence-electron chi connectivity index (χ3n) is 1.41. The van der Waals surface area contributed by atoms with E-state index in [1.165, 1.54) is 6.92 Å². The van der Waals surface area contributed by atoms with Crippen LogP contribution in [-0.4, -0.2) is 23.6 Å². The smallest absolute Gasteiger partial charge is 0.304 e. The molecule has 0 aromatic rings. The third kappa shape index (κ3) is 6.55. The van der Waals surface area contributed by atoms with Crippen molar-refractivity contribution in [3.05, 3.63) is 0 Å². The van der Waals surface area contributed by atoms with Gasteiger partial charge in [0, 0.05) is 6.92 Å².